The average molecular weight is 421 g/mol. The van der Waals surface area contributed by atoms with Gasteiger partial charge in [0.15, 0.2) is 11.5 Å². The van der Waals surface area contributed by atoms with Crippen LogP contribution in [0.2, 0.25) is 0 Å². The Bertz CT molecular complexity index is 1080. The molecule has 30 heavy (non-hydrogen) atoms. The molecule has 0 saturated carbocycles. The first-order valence-corrected chi connectivity index (χ1v) is 9.77. The predicted octanol–water partition coefficient (Wildman–Crippen LogP) is 3.38. The SMILES string of the molecule is COc1cc(/C=N/NC(=O)C(=Cc2cccs2)NC(=O)c2ccccc2)ccc1O. The number of nitrogens with one attached hydrogen (secondary N) is 2. The zero-order valence-corrected chi connectivity index (χ0v) is 16.8. The second-order valence-corrected chi connectivity index (χ2v) is 7.00. The Morgan fingerprint density at radius 1 is 1.10 bits per heavy atom. The molecule has 0 bridgehead atoms. The summed E-state index contributed by atoms with van der Waals surface area (Å²) < 4.78 is 5.04. The molecule has 3 rings (SSSR count). The first-order valence-electron chi connectivity index (χ1n) is 8.89. The van der Waals surface area contributed by atoms with Crippen molar-refractivity contribution in [2.45, 2.75) is 0 Å². The van der Waals surface area contributed by atoms with Crippen molar-refractivity contribution >= 4 is 35.4 Å². The van der Waals surface area contributed by atoms with Crippen molar-refractivity contribution in [2.75, 3.05) is 7.11 Å². The summed E-state index contributed by atoms with van der Waals surface area (Å²) in [5.74, 6) is -0.683. The molecular formula is C22H19N3O4S. The van der Waals surface area contributed by atoms with Gasteiger partial charge in [0.2, 0.25) is 0 Å². The van der Waals surface area contributed by atoms with Crippen molar-refractivity contribution in [2.24, 2.45) is 5.10 Å². The zero-order valence-electron chi connectivity index (χ0n) is 16.0. The van der Waals surface area contributed by atoms with Gasteiger partial charge >= 0.3 is 0 Å². The van der Waals surface area contributed by atoms with E-state index in [1.165, 1.54) is 30.7 Å². The third kappa shape index (κ3) is 5.55. The Balaban J connectivity index is 1.74. The standard InChI is InChI=1S/C22H19N3O4S/c1-29-20-12-15(9-10-19(20)26)14-23-25-22(28)18(13-17-8-5-11-30-17)24-21(27)16-6-3-2-4-7-16/h2-14,26H,1H3,(H,24,27)(H,25,28)/b18-13?,23-14+. The average Bonchev–Trinajstić information content (AvgIpc) is 3.28. The number of carbonyl (C=O) groups excluding carboxylic acids is 2. The third-order valence-electron chi connectivity index (χ3n) is 3.94. The fourth-order valence-corrected chi connectivity index (χ4v) is 3.12. The minimum Gasteiger partial charge on any atom is -0.504 e. The predicted molar refractivity (Wildman–Crippen MR) is 117 cm³/mol. The van der Waals surface area contributed by atoms with E-state index in [4.69, 9.17) is 4.74 Å². The molecule has 0 atom stereocenters. The molecule has 0 spiro atoms. The summed E-state index contributed by atoms with van der Waals surface area (Å²) in [6.45, 7) is 0. The van der Waals surface area contributed by atoms with Gasteiger partial charge in [0.1, 0.15) is 5.70 Å². The number of benzene rings is 2. The Morgan fingerprint density at radius 3 is 2.60 bits per heavy atom. The van der Waals surface area contributed by atoms with Gasteiger partial charge in [-0.2, -0.15) is 5.10 Å². The first kappa shape index (κ1) is 20.8. The van der Waals surface area contributed by atoms with E-state index >= 15 is 0 Å². The van der Waals surface area contributed by atoms with Crippen LogP contribution in [0.15, 0.2) is 76.8 Å². The van der Waals surface area contributed by atoms with Crippen molar-refractivity contribution in [3.63, 3.8) is 0 Å². The van der Waals surface area contributed by atoms with Gasteiger partial charge in [-0.25, -0.2) is 5.43 Å². The van der Waals surface area contributed by atoms with Gasteiger partial charge in [0.05, 0.1) is 13.3 Å². The molecule has 1 heterocycles. The molecule has 8 heteroatoms. The number of amides is 2. The fraction of sp³-hybridized carbons (Fsp3) is 0.0455. The van der Waals surface area contributed by atoms with Gasteiger partial charge in [0, 0.05) is 10.4 Å². The maximum absolute atomic E-state index is 12.6. The summed E-state index contributed by atoms with van der Waals surface area (Å²) in [6, 6.07) is 16.9. The van der Waals surface area contributed by atoms with Crippen LogP contribution in [-0.4, -0.2) is 30.2 Å². The molecule has 0 saturated heterocycles. The number of aromatic hydroxyl groups is 1. The molecule has 2 amide bonds. The minimum absolute atomic E-state index is 0.00322. The van der Waals surface area contributed by atoms with Crippen molar-refractivity contribution in [3.05, 3.63) is 87.7 Å². The van der Waals surface area contributed by atoms with Crippen LogP contribution in [-0.2, 0) is 4.79 Å². The van der Waals surface area contributed by atoms with Crippen LogP contribution in [0.5, 0.6) is 11.5 Å². The van der Waals surface area contributed by atoms with E-state index in [9.17, 15) is 14.7 Å². The molecule has 1 aromatic heterocycles. The smallest absolute Gasteiger partial charge is 0.287 e. The van der Waals surface area contributed by atoms with Gasteiger partial charge < -0.3 is 15.2 Å². The molecule has 0 fully saturated rings. The first-order chi connectivity index (χ1) is 14.6. The topological polar surface area (TPSA) is 100 Å². The quantitative estimate of drug-likeness (QED) is 0.309. The van der Waals surface area contributed by atoms with Crippen molar-refractivity contribution in [3.8, 4) is 11.5 Å². The minimum atomic E-state index is -0.574. The number of rotatable bonds is 7. The number of nitrogens with zero attached hydrogens (tertiary/aromatic N) is 1. The molecule has 0 aliphatic heterocycles. The van der Waals surface area contributed by atoms with E-state index in [1.54, 1.807) is 48.5 Å². The second-order valence-electron chi connectivity index (χ2n) is 6.02. The number of methoxy groups -OCH3 is 1. The molecular weight excluding hydrogens is 402 g/mol. The van der Waals surface area contributed by atoms with Gasteiger partial charge in [-0.3, -0.25) is 9.59 Å². The van der Waals surface area contributed by atoms with Crippen LogP contribution in [0.3, 0.4) is 0 Å². The van der Waals surface area contributed by atoms with E-state index in [1.807, 2.05) is 17.5 Å². The summed E-state index contributed by atoms with van der Waals surface area (Å²) in [4.78, 5) is 25.9. The highest BCUT2D eigenvalue weighted by molar-refractivity contribution is 7.10. The normalized spacial score (nSPS) is 11.3. The Kier molecular flexibility index (Phi) is 6.96. The summed E-state index contributed by atoms with van der Waals surface area (Å²) in [5.41, 5.74) is 3.51. The fourth-order valence-electron chi connectivity index (χ4n) is 2.46. The number of ether oxygens (including phenoxy) is 1. The van der Waals surface area contributed by atoms with Crippen LogP contribution in [0.1, 0.15) is 20.8 Å². The second kappa shape index (κ2) is 10.0. The summed E-state index contributed by atoms with van der Waals surface area (Å²) >= 11 is 1.43. The van der Waals surface area contributed by atoms with E-state index in [0.29, 0.717) is 16.9 Å². The van der Waals surface area contributed by atoms with E-state index < -0.39 is 11.8 Å². The molecule has 3 N–H and O–H groups in total. The van der Waals surface area contributed by atoms with Crippen molar-refractivity contribution < 1.29 is 19.4 Å². The number of hydrogen-bond acceptors (Lipinski definition) is 6. The van der Waals surface area contributed by atoms with Gasteiger partial charge in [0.25, 0.3) is 11.8 Å². The number of phenolic OH excluding ortho intramolecular Hbond substituents is 1. The molecule has 0 aliphatic rings. The van der Waals surface area contributed by atoms with E-state index in [2.05, 4.69) is 15.8 Å². The molecule has 152 valence electrons. The lowest BCUT2D eigenvalue weighted by molar-refractivity contribution is -0.117. The number of hydrazone groups is 1. The Hall–Kier alpha value is -3.91. The Labute approximate surface area is 177 Å². The number of phenols is 1. The summed E-state index contributed by atoms with van der Waals surface area (Å²) in [7, 11) is 1.44. The highest BCUT2D eigenvalue weighted by Crippen LogP contribution is 2.25. The molecule has 0 aliphatic carbocycles. The number of thiophene rings is 1. The lowest BCUT2D eigenvalue weighted by Crippen LogP contribution is -2.32. The van der Waals surface area contributed by atoms with Crippen LogP contribution >= 0.6 is 11.3 Å². The van der Waals surface area contributed by atoms with Crippen molar-refractivity contribution in [1.82, 2.24) is 10.7 Å². The van der Waals surface area contributed by atoms with Gasteiger partial charge in [-0.05, 0) is 53.4 Å². The molecule has 7 nitrogen and oxygen atoms in total. The van der Waals surface area contributed by atoms with Crippen LogP contribution in [0, 0.1) is 0 Å². The van der Waals surface area contributed by atoms with Crippen LogP contribution in [0.4, 0.5) is 0 Å². The van der Waals surface area contributed by atoms with Crippen molar-refractivity contribution in [1.29, 1.82) is 0 Å². The number of carbonyl (C=O) groups is 2. The largest absolute Gasteiger partial charge is 0.504 e. The summed E-state index contributed by atoms with van der Waals surface area (Å²) in [5, 5.41) is 18.1. The Morgan fingerprint density at radius 2 is 1.90 bits per heavy atom. The van der Waals surface area contributed by atoms with E-state index in [-0.39, 0.29) is 11.4 Å². The lowest BCUT2D eigenvalue weighted by atomic mass is 10.2. The monoisotopic (exact) mass is 421 g/mol. The highest BCUT2D eigenvalue weighted by atomic mass is 32.1. The van der Waals surface area contributed by atoms with Crippen LogP contribution in [0.25, 0.3) is 6.08 Å². The maximum atomic E-state index is 12.6. The molecule has 0 unspecified atom stereocenters. The lowest BCUT2D eigenvalue weighted by Gasteiger charge is -2.09. The summed E-state index contributed by atoms with van der Waals surface area (Å²) in [6.07, 6.45) is 2.99. The molecule has 2 aromatic carbocycles. The van der Waals surface area contributed by atoms with Gasteiger partial charge in [-0.1, -0.05) is 24.3 Å². The third-order valence-corrected chi connectivity index (χ3v) is 4.76. The molecule has 0 radical (unpaired) electrons. The van der Waals surface area contributed by atoms with Crippen LogP contribution < -0.4 is 15.5 Å². The zero-order chi connectivity index (χ0) is 21.3. The van der Waals surface area contributed by atoms with Gasteiger partial charge in [-0.15, -0.1) is 11.3 Å². The molecule has 3 aromatic rings. The van der Waals surface area contributed by atoms with E-state index in [0.717, 1.165) is 4.88 Å². The maximum Gasteiger partial charge on any atom is 0.287 e. The number of hydrogen-bond donors (Lipinski definition) is 3. The highest BCUT2D eigenvalue weighted by Gasteiger charge is 2.14.